The lowest BCUT2D eigenvalue weighted by atomic mass is 10.2. The predicted octanol–water partition coefficient (Wildman–Crippen LogP) is 0.834. The van der Waals surface area contributed by atoms with Crippen LogP contribution in [-0.2, 0) is 11.8 Å². The molecule has 1 fully saturated rings. The van der Waals surface area contributed by atoms with Gasteiger partial charge in [0.1, 0.15) is 5.76 Å². The lowest BCUT2D eigenvalue weighted by Gasteiger charge is -2.32. The average Bonchev–Trinajstić information content (AvgIpc) is 3.19. The Labute approximate surface area is 140 Å². The zero-order chi connectivity index (χ0) is 17.1. The number of aryl methyl sites for hydroxylation is 2. The molecule has 130 valence electrons. The lowest BCUT2D eigenvalue weighted by molar-refractivity contribution is 0.0204. The van der Waals surface area contributed by atoms with Gasteiger partial charge in [0.05, 0.1) is 25.0 Å². The molecule has 0 bridgehead atoms. The molecule has 1 unspecified atom stereocenters. The Hall–Kier alpha value is -2.19. The number of carbonyl (C=O) groups excluding carboxylic acids is 1. The summed E-state index contributed by atoms with van der Waals surface area (Å²) >= 11 is 0. The minimum Gasteiger partial charge on any atom is -0.440 e. The number of aromatic nitrogens is 3. The molecule has 1 atom stereocenters. The number of carbonyl (C=O) groups is 1. The van der Waals surface area contributed by atoms with Gasteiger partial charge in [-0.2, -0.15) is 5.10 Å². The van der Waals surface area contributed by atoms with Crippen LogP contribution in [0, 0.1) is 6.92 Å². The molecule has 0 aliphatic carbocycles. The van der Waals surface area contributed by atoms with Gasteiger partial charge >= 0.3 is 0 Å². The molecule has 8 nitrogen and oxygen atoms in total. The van der Waals surface area contributed by atoms with E-state index in [0.29, 0.717) is 23.9 Å². The van der Waals surface area contributed by atoms with Crippen LogP contribution in [-0.4, -0.2) is 64.5 Å². The van der Waals surface area contributed by atoms with E-state index in [1.165, 1.54) is 0 Å². The van der Waals surface area contributed by atoms with Crippen molar-refractivity contribution < 1.29 is 13.9 Å². The molecule has 1 aliphatic rings. The number of oxazole rings is 1. The van der Waals surface area contributed by atoms with E-state index in [9.17, 15) is 4.79 Å². The minimum atomic E-state index is -0.216. The van der Waals surface area contributed by atoms with Gasteiger partial charge in [-0.15, -0.1) is 0 Å². The monoisotopic (exact) mass is 333 g/mol. The second-order valence-corrected chi connectivity index (χ2v) is 6.03. The van der Waals surface area contributed by atoms with Gasteiger partial charge in [-0.1, -0.05) is 0 Å². The number of nitrogens with zero attached hydrogens (tertiary/aromatic N) is 4. The van der Waals surface area contributed by atoms with Crippen molar-refractivity contribution in [3.05, 3.63) is 23.8 Å². The molecular formula is C16H23N5O3. The van der Waals surface area contributed by atoms with E-state index in [4.69, 9.17) is 9.15 Å². The number of amides is 1. The normalized spacial score (nSPS) is 17.0. The molecule has 2 aromatic rings. The molecule has 3 rings (SSSR count). The number of hydrogen-bond donors (Lipinski definition) is 1. The van der Waals surface area contributed by atoms with E-state index in [1.54, 1.807) is 24.0 Å². The second-order valence-electron chi connectivity index (χ2n) is 6.03. The van der Waals surface area contributed by atoms with Crippen LogP contribution in [0.4, 0.5) is 0 Å². The first-order chi connectivity index (χ1) is 11.5. The first kappa shape index (κ1) is 16.7. The van der Waals surface area contributed by atoms with Crippen molar-refractivity contribution in [1.82, 2.24) is 25.0 Å². The molecule has 0 saturated carbocycles. The van der Waals surface area contributed by atoms with Crippen LogP contribution >= 0.6 is 0 Å². The summed E-state index contributed by atoms with van der Waals surface area (Å²) in [7, 11) is 1.82. The minimum absolute atomic E-state index is 0.216. The fourth-order valence-electron chi connectivity index (χ4n) is 2.73. The van der Waals surface area contributed by atoms with Crippen molar-refractivity contribution in [2.24, 2.45) is 7.05 Å². The fourth-order valence-corrected chi connectivity index (χ4v) is 2.73. The Morgan fingerprint density at radius 2 is 2.17 bits per heavy atom. The van der Waals surface area contributed by atoms with Crippen LogP contribution in [0.5, 0.6) is 0 Å². The molecule has 2 aromatic heterocycles. The molecule has 0 aromatic carbocycles. The largest absolute Gasteiger partial charge is 0.440 e. The molecule has 3 heterocycles. The van der Waals surface area contributed by atoms with Crippen molar-refractivity contribution >= 4 is 5.91 Å². The number of ether oxygens (including phenoxy) is 1. The van der Waals surface area contributed by atoms with Crippen LogP contribution in [0.15, 0.2) is 16.8 Å². The number of rotatable bonds is 5. The molecule has 0 radical (unpaired) electrons. The number of morpholine rings is 1. The molecular weight excluding hydrogens is 310 g/mol. The van der Waals surface area contributed by atoms with E-state index in [2.05, 4.69) is 27.2 Å². The third-order valence-electron chi connectivity index (χ3n) is 4.19. The van der Waals surface area contributed by atoms with E-state index < -0.39 is 0 Å². The van der Waals surface area contributed by atoms with Crippen molar-refractivity contribution in [2.45, 2.75) is 19.9 Å². The SMILES string of the molecule is Cc1oc(-c2cnn(C)c2)nc1C(=O)NCC(C)N1CCOCC1. The fraction of sp³-hybridized carbons (Fsp3) is 0.562. The van der Waals surface area contributed by atoms with Crippen LogP contribution in [0.3, 0.4) is 0 Å². The number of nitrogens with one attached hydrogen (secondary N) is 1. The van der Waals surface area contributed by atoms with Gasteiger partial charge < -0.3 is 14.5 Å². The maximum atomic E-state index is 12.4. The van der Waals surface area contributed by atoms with Crippen LogP contribution < -0.4 is 5.32 Å². The highest BCUT2D eigenvalue weighted by molar-refractivity contribution is 5.93. The van der Waals surface area contributed by atoms with Gasteiger partial charge in [-0.05, 0) is 13.8 Å². The van der Waals surface area contributed by atoms with Crippen molar-refractivity contribution in [2.75, 3.05) is 32.8 Å². The topological polar surface area (TPSA) is 85.4 Å². The quantitative estimate of drug-likeness (QED) is 0.872. The lowest BCUT2D eigenvalue weighted by Crippen LogP contribution is -2.47. The molecule has 1 saturated heterocycles. The molecule has 8 heteroatoms. The Morgan fingerprint density at radius 1 is 1.42 bits per heavy atom. The highest BCUT2D eigenvalue weighted by Gasteiger charge is 2.21. The summed E-state index contributed by atoms with van der Waals surface area (Å²) in [5.41, 5.74) is 1.07. The maximum absolute atomic E-state index is 12.4. The van der Waals surface area contributed by atoms with Crippen LogP contribution in [0.1, 0.15) is 23.2 Å². The Bertz CT molecular complexity index is 702. The van der Waals surface area contributed by atoms with E-state index in [0.717, 1.165) is 31.9 Å². The zero-order valence-corrected chi connectivity index (χ0v) is 14.3. The maximum Gasteiger partial charge on any atom is 0.273 e. The number of hydrogen-bond acceptors (Lipinski definition) is 6. The van der Waals surface area contributed by atoms with Gasteiger partial charge in [-0.3, -0.25) is 14.4 Å². The summed E-state index contributed by atoms with van der Waals surface area (Å²) in [4.78, 5) is 19.0. The molecule has 1 amide bonds. The zero-order valence-electron chi connectivity index (χ0n) is 14.3. The van der Waals surface area contributed by atoms with Crippen LogP contribution in [0.25, 0.3) is 11.5 Å². The van der Waals surface area contributed by atoms with Crippen molar-refractivity contribution in [1.29, 1.82) is 0 Å². The summed E-state index contributed by atoms with van der Waals surface area (Å²) in [6.07, 6.45) is 3.46. The first-order valence-corrected chi connectivity index (χ1v) is 8.11. The summed E-state index contributed by atoms with van der Waals surface area (Å²) in [6, 6.07) is 0.253. The molecule has 1 N–H and O–H groups in total. The molecule has 24 heavy (non-hydrogen) atoms. The van der Waals surface area contributed by atoms with Crippen LogP contribution in [0.2, 0.25) is 0 Å². The van der Waals surface area contributed by atoms with E-state index >= 15 is 0 Å². The highest BCUT2D eigenvalue weighted by atomic mass is 16.5. The van der Waals surface area contributed by atoms with Gasteiger partial charge in [0.2, 0.25) is 5.89 Å². The summed E-state index contributed by atoms with van der Waals surface area (Å²) in [5.74, 6) is 0.698. The molecule has 0 spiro atoms. The smallest absolute Gasteiger partial charge is 0.273 e. The Morgan fingerprint density at radius 3 is 2.83 bits per heavy atom. The Balaban J connectivity index is 1.61. The van der Waals surface area contributed by atoms with E-state index in [-0.39, 0.29) is 11.9 Å². The summed E-state index contributed by atoms with van der Waals surface area (Å²) in [5, 5.41) is 7.03. The van der Waals surface area contributed by atoms with Gasteiger partial charge in [0.25, 0.3) is 5.91 Å². The summed E-state index contributed by atoms with van der Waals surface area (Å²) < 4.78 is 12.6. The van der Waals surface area contributed by atoms with Crippen molar-refractivity contribution in [3.8, 4) is 11.5 Å². The average molecular weight is 333 g/mol. The summed E-state index contributed by atoms with van der Waals surface area (Å²) in [6.45, 7) is 7.68. The third kappa shape index (κ3) is 3.65. The standard InChI is InChI=1S/C16H23N5O3/c1-11(21-4-6-23-7-5-21)8-17-15(22)14-12(2)24-16(19-14)13-9-18-20(3)10-13/h9-11H,4-8H2,1-3H3,(H,17,22). The highest BCUT2D eigenvalue weighted by Crippen LogP contribution is 2.20. The van der Waals surface area contributed by atoms with Gasteiger partial charge in [0, 0.05) is 38.9 Å². The van der Waals surface area contributed by atoms with Gasteiger partial charge in [0.15, 0.2) is 5.69 Å². The van der Waals surface area contributed by atoms with E-state index in [1.807, 2.05) is 7.05 Å². The van der Waals surface area contributed by atoms with Crippen molar-refractivity contribution in [3.63, 3.8) is 0 Å². The Kier molecular flexibility index (Phi) is 4.96. The molecule has 1 aliphatic heterocycles. The second kappa shape index (κ2) is 7.14. The predicted molar refractivity (Wildman–Crippen MR) is 87.6 cm³/mol. The van der Waals surface area contributed by atoms with Gasteiger partial charge in [-0.25, -0.2) is 4.98 Å². The first-order valence-electron chi connectivity index (χ1n) is 8.11. The third-order valence-corrected chi connectivity index (χ3v) is 4.19.